The van der Waals surface area contributed by atoms with Crippen molar-refractivity contribution in [3.05, 3.63) is 17.5 Å². The standard InChI is InChI=1S/C14H23N3/c1-17-14(12-7-4-8-15-9-12)13(10-16-17)11-5-2-3-6-11/h10-12,15H,2-9H2,1H3. The summed E-state index contributed by atoms with van der Waals surface area (Å²) in [5.41, 5.74) is 3.07. The lowest BCUT2D eigenvalue weighted by Crippen LogP contribution is -2.30. The van der Waals surface area contributed by atoms with Gasteiger partial charge in [-0.3, -0.25) is 4.68 Å². The molecule has 2 aliphatic rings. The number of piperidine rings is 1. The van der Waals surface area contributed by atoms with Crippen LogP contribution in [0.25, 0.3) is 0 Å². The first kappa shape index (κ1) is 11.3. The molecule has 1 saturated heterocycles. The first-order valence-electron chi connectivity index (χ1n) is 7.09. The van der Waals surface area contributed by atoms with Crippen LogP contribution in [0.2, 0.25) is 0 Å². The van der Waals surface area contributed by atoms with Crippen molar-refractivity contribution in [2.45, 2.75) is 50.4 Å². The number of rotatable bonds is 2. The van der Waals surface area contributed by atoms with Crippen LogP contribution in [0.1, 0.15) is 61.6 Å². The Morgan fingerprint density at radius 1 is 1.18 bits per heavy atom. The van der Waals surface area contributed by atoms with Crippen molar-refractivity contribution in [3.63, 3.8) is 0 Å². The zero-order valence-electron chi connectivity index (χ0n) is 10.8. The van der Waals surface area contributed by atoms with Crippen LogP contribution >= 0.6 is 0 Å². The maximum absolute atomic E-state index is 4.53. The van der Waals surface area contributed by atoms with Crippen molar-refractivity contribution >= 4 is 0 Å². The third-order valence-electron chi connectivity index (χ3n) is 4.49. The SMILES string of the molecule is Cn1ncc(C2CCCC2)c1C1CCCNC1. The number of hydrogen-bond donors (Lipinski definition) is 1. The Morgan fingerprint density at radius 3 is 2.65 bits per heavy atom. The maximum atomic E-state index is 4.53. The van der Waals surface area contributed by atoms with E-state index in [2.05, 4.69) is 28.3 Å². The number of hydrogen-bond acceptors (Lipinski definition) is 2. The van der Waals surface area contributed by atoms with Gasteiger partial charge in [0.1, 0.15) is 0 Å². The maximum Gasteiger partial charge on any atom is 0.0527 e. The van der Waals surface area contributed by atoms with Gasteiger partial charge in [-0.2, -0.15) is 5.10 Å². The van der Waals surface area contributed by atoms with Crippen molar-refractivity contribution in [1.29, 1.82) is 0 Å². The molecule has 0 aromatic carbocycles. The second-order valence-corrected chi connectivity index (χ2v) is 5.63. The van der Waals surface area contributed by atoms with Crippen LogP contribution in [-0.4, -0.2) is 22.9 Å². The third kappa shape index (κ3) is 2.13. The largest absolute Gasteiger partial charge is 0.316 e. The fraction of sp³-hybridized carbons (Fsp3) is 0.786. The van der Waals surface area contributed by atoms with E-state index in [4.69, 9.17) is 0 Å². The highest BCUT2D eigenvalue weighted by Crippen LogP contribution is 2.38. The Hall–Kier alpha value is -0.830. The van der Waals surface area contributed by atoms with Gasteiger partial charge in [0.25, 0.3) is 0 Å². The minimum Gasteiger partial charge on any atom is -0.316 e. The van der Waals surface area contributed by atoms with Crippen molar-refractivity contribution in [3.8, 4) is 0 Å². The van der Waals surface area contributed by atoms with E-state index in [1.165, 1.54) is 50.8 Å². The summed E-state index contributed by atoms with van der Waals surface area (Å²) < 4.78 is 2.13. The predicted octanol–water partition coefficient (Wildman–Crippen LogP) is 2.54. The zero-order valence-corrected chi connectivity index (χ0v) is 10.8. The highest BCUT2D eigenvalue weighted by atomic mass is 15.3. The van der Waals surface area contributed by atoms with Gasteiger partial charge in [-0.05, 0) is 43.7 Å². The first-order valence-corrected chi connectivity index (χ1v) is 7.09. The molecule has 3 rings (SSSR count). The van der Waals surface area contributed by atoms with Gasteiger partial charge in [0, 0.05) is 25.2 Å². The molecule has 2 heterocycles. The Balaban J connectivity index is 1.88. The normalized spacial score (nSPS) is 26.5. The summed E-state index contributed by atoms with van der Waals surface area (Å²) in [4.78, 5) is 0. The van der Waals surface area contributed by atoms with Gasteiger partial charge in [0.2, 0.25) is 0 Å². The summed E-state index contributed by atoms with van der Waals surface area (Å²) in [6.45, 7) is 2.33. The molecule has 94 valence electrons. The third-order valence-corrected chi connectivity index (χ3v) is 4.49. The van der Waals surface area contributed by atoms with Crippen molar-refractivity contribution in [2.75, 3.05) is 13.1 Å². The van der Waals surface area contributed by atoms with Crippen LogP contribution in [-0.2, 0) is 7.05 Å². The summed E-state index contributed by atoms with van der Waals surface area (Å²) >= 11 is 0. The molecule has 1 unspecified atom stereocenters. The quantitative estimate of drug-likeness (QED) is 0.850. The lowest BCUT2D eigenvalue weighted by atomic mass is 9.88. The number of nitrogens with one attached hydrogen (secondary N) is 1. The van der Waals surface area contributed by atoms with Gasteiger partial charge in [0.15, 0.2) is 0 Å². The van der Waals surface area contributed by atoms with Crippen LogP contribution in [0.5, 0.6) is 0 Å². The molecular weight excluding hydrogens is 210 g/mol. The predicted molar refractivity (Wildman–Crippen MR) is 69.3 cm³/mol. The molecule has 1 aliphatic heterocycles. The molecule has 1 N–H and O–H groups in total. The molecule has 17 heavy (non-hydrogen) atoms. The fourth-order valence-corrected chi connectivity index (χ4v) is 3.60. The van der Waals surface area contributed by atoms with E-state index in [9.17, 15) is 0 Å². The monoisotopic (exact) mass is 233 g/mol. The van der Waals surface area contributed by atoms with E-state index in [1.807, 2.05) is 0 Å². The van der Waals surface area contributed by atoms with Crippen LogP contribution in [0.4, 0.5) is 0 Å². The van der Waals surface area contributed by atoms with Gasteiger partial charge < -0.3 is 5.32 Å². The van der Waals surface area contributed by atoms with E-state index in [0.717, 1.165) is 12.5 Å². The average Bonchev–Trinajstić information content (AvgIpc) is 2.98. The average molecular weight is 233 g/mol. The molecule has 3 heteroatoms. The molecule has 0 bridgehead atoms. The molecule has 0 radical (unpaired) electrons. The van der Waals surface area contributed by atoms with Gasteiger partial charge in [-0.1, -0.05) is 12.8 Å². The molecule has 0 spiro atoms. The van der Waals surface area contributed by atoms with E-state index >= 15 is 0 Å². The van der Waals surface area contributed by atoms with Crippen LogP contribution in [0.3, 0.4) is 0 Å². The minimum atomic E-state index is 0.687. The van der Waals surface area contributed by atoms with Crippen LogP contribution < -0.4 is 5.32 Å². The highest BCUT2D eigenvalue weighted by molar-refractivity contribution is 5.27. The molecule has 1 aromatic heterocycles. The molecule has 1 saturated carbocycles. The number of aromatic nitrogens is 2. The number of nitrogens with zero attached hydrogens (tertiary/aromatic N) is 2. The Labute approximate surface area is 104 Å². The summed E-state index contributed by atoms with van der Waals surface area (Å²) in [5, 5.41) is 8.05. The highest BCUT2D eigenvalue weighted by Gasteiger charge is 2.27. The fourth-order valence-electron chi connectivity index (χ4n) is 3.60. The second-order valence-electron chi connectivity index (χ2n) is 5.63. The Morgan fingerprint density at radius 2 is 1.94 bits per heavy atom. The van der Waals surface area contributed by atoms with Crippen LogP contribution in [0, 0.1) is 0 Å². The summed E-state index contributed by atoms with van der Waals surface area (Å²) in [6, 6.07) is 0. The van der Waals surface area contributed by atoms with E-state index in [0.29, 0.717) is 5.92 Å². The van der Waals surface area contributed by atoms with Crippen LogP contribution in [0.15, 0.2) is 6.20 Å². The summed E-state index contributed by atoms with van der Waals surface area (Å²) in [7, 11) is 2.11. The van der Waals surface area contributed by atoms with Crippen molar-refractivity contribution < 1.29 is 0 Å². The lowest BCUT2D eigenvalue weighted by molar-refractivity contribution is 0.437. The molecular formula is C14H23N3. The molecule has 0 amide bonds. The van der Waals surface area contributed by atoms with E-state index in [1.54, 1.807) is 5.56 Å². The second kappa shape index (κ2) is 4.81. The Bertz CT molecular complexity index is 371. The smallest absolute Gasteiger partial charge is 0.0527 e. The van der Waals surface area contributed by atoms with Gasteiger partial charge in [0.05, 0.1) is 6.20 Å². The molecule has 2 fully saturated rings. The first-order chi connectivity index (χ1) is 8.36. The molecule has 1 aromatic rings. The molecule has 1 atom stereocenters. The summed E-state index contributed by atoms with van der Waals surface area (Å²) in [6.07, 6.45) is 10.3. The number of aryl methyl sites for hydroxylation is 1. The topological polar surface area (TPSA) is 29.9 Å². The van der Waals surface area contributed by atoms with Gasteiger partial charge in [-0.15, -0.1) is 0 Å². The molecule has 1 aliphatic carbocycles. The molecule has 3 nitrogen and oxygen atoms in total. The van der Waals surface area contributed by atoms with Gasteiger partial charge in [-0.25, -0.2) is 0 Å². The summed E-state index contributed by atoms with van der Waals surface area (Å²) in [5.74, 6) is 1.48. The minimum absolute atomic E-state index is 0.687. The van der Waals surface area contributed by atoms with Gasteiger partial charge >= 0.3 is 0 Å². The van der Waals surface area contributed by atoms with Crippen molar-refractivity contribution in [2.24, 2.45) is 7.05 Å². The van der Waals surface area contributed by atoms with E-state index < -0.39 is 0 Å². The van der Waals surface area contributed by atoms with Crippen molar-refractivity contribution in [1.82, 2.24) is 15.1 Å². The van der Waals surface area contributed by atoms with E-state index in [-0.39, 0.29) is 0 Å². The zero-order chi connectivity index (χ0) is 11.7. The Kier molecular flexibility index (Phi) is 3.19. The lowest BCUT2D eigenvalue weighted by Gasteiger charge is -2.25.